The maximum atomic E-state index is 10.7. The Morgan fingerprint density at radius 1 is 1.31 bits per heavy atom. The third kappa shape index (κ3) is 1.74. The Labute approximate surface area is 89.0 Å². The van der Waals surface area contributed by atoms with Gasteiger partial charge < -0.3 is 4.74 Å². The van der Waals surface area contributed by atoms with Crippen LogP contribution in [0, 0.1) is 31.6 Å². The number of hydrogen-bond donors (Lipinski definition) is 0. The molecular formula is C8H5N3O5. The molecule has 0 radical (unpaired) electrons. The van der Waals surface area contributed by atoms with E-state index >= 15 is 0 Å². The molecule has 1 aromatic rings. The van der Waals surface area contributed by atoms with Crippen LogP contribution < -0.4 is 4.74 Å². The SMILES string of the molecule is COc1ccc([N+](=O)[O-])c([N+](=O)[O-])c1C#N. The van der Waals surface area contributed by atoms with Gasteiger partial charge in [-0.15, -0.1) is 0 Å². The lowest BCUT2D eigenvalue weighted by atomic mass is 10.1. The third-order valence-corrected chi connectivity index (χ3v) is 1.83. The molecule has 0 N–H and O–H groups in total. The fourth-order valence-electron chi connectivity index (χ4n) is 1.17. The highest BCUT2D eigenvalue weighted by Gasteiger charge is 2.31. The van der Waals surface area contributed by atoms with Crippen molar-refractivity contribution in [3.8, 4) is 11.8 Å². The zero-order valence-electron chi connectivity index (χ0n) is 8.04. The molecule has 0 aliphatic rings. The summed E-state index contributed by atoms with van der Waals surface area (Å²) in [6.45, 7) is 0. The summed E-state index contributed by atoms with van der Waals surface area (Å²) in [7, 11) is 1.21. The quantitative estimate of drug-likeness (QED) is 0.563. The lowest BCUT2D eigenvalue weighted by molar-refractivity contribution is -0.422. The normalized spacial score (nSPS) is 9.25. The van der Waals surface area contributed by atoms with Crippen LogP contribution in [0.3, 0.4) is 0 Å². The van der Waals surface area contributed by atoms with Gasteiger partial charge in [-0.2, -0.15) is 5.26 Å². The van der Waals surface area contributed by atoms with Gasteiger partial charge in [0.25, 0.3) is 0 Å². The summed E-state index contributed by atoms with van der Waals surface area (Å²) in [4.78, 5) is 19.3. The smallest absolute Gasteiger partial charge is 0.367 e. The maximum Gasteiger partial charge on any atom is 0.367 e. The van der Waals surface area contributed by atoms with Gasteiger partial charge in [-0.25, -0.2) is 0 Å². The molecule has 0 saturated heterocycles. The van der Waals surface area contributed by atoms with Crippen molar-refractivity contribution in [2.75, 3.05) is 7.11 Å². The Kier molecular flexibility index (Phi) is 3.00. The van der Waals surface area contributed by atoms with E-state index in [9.17, 15) is 20.2 Å². The Bertz CT molecular complexity index is 505. The van der Waals surface area contributed by atoms with Crippen LogP contribution in [-0.4, -0.2) is 17.0 Å². The molecule has 0 atom stereocenters. The van der Waals surface area contributed by atoms with Crippen molar-refractivity contribution in [2.45, 2.75) is 0 Å². The zero-order valence-corrected chi connectivity index (χ0v) is 8.04. The van der Waals surface area contributed by atoms with Crippen LogP contribution in [0.25, 0.3) is 0 Å². The first-order valence-corrected chi connectivity index (χ1v) is 3.92. The highest BCUT2D eigenvalue weighted by molar-refractivity contribution is 5.67. The van der Waals surface area contributed by atoms with Crippen LogP contribution in [-0.2, 0) is 0 Å². The fraction of sp³-hybridized carbons (Fsp3) is 0.125. The number of rotatable bonds is 3. The minimum absolute atomic E-state index is 0.0696. The van der Waals surface area contributed by atoms with E-state index in [0.29, 0.717) is 0 Å². The van der Waals surface area contributed by atoms with E-state index in [2.05, 4.69) is 0 Å². The summed E-state index contributed by atoms with van der Waals surface area (Å²) in [5.74, 6) is -0.0696. The second kappa shape index (κ2) is 4.22. The van der Waals surface area contributed by atoms with Gasteiger partial charge in [0.2, 0.25) is 0 Å². The van der Waals surface area contributed by atoms with Crippen molar-refractivity contribution in [2.24, 2.45) is 0 Å². The predicted octanol–water partition coefficient (Wildman–Crippen LogP) is 1.38. The molecule has 0 fully saturated rings. The third-order valence-electron chi connectivity index (χ3n) is 1.83. The van der Waals surface area contributed by atoms with Gasteiger partial charge >= 0.3 is 11.4 Å². The molecule has 1 aromatic carbocycles. The molecule has 0 unspecified atom stereocenters. The van der Waals surface area contributed by atoms with Crippen molar-refractivity contribution in [1.29, 1.82) is 5.26 Å². The molecular weight excluding hydrogens is 218 g/mol. The molecule has 8 nitrogen and oxygen atoms in total. The molecule has 16 heavy (non-hydrogen) atoms. The Morgan fingerprint density at radius 3 is 2.31 bits per heavy atom. The second-order valence-electron chi connectivity index (χ2n) is 2.64. The summed E-state index contributed by atoms with van der Waals surface area (Å²) in [5.41, 5.74) is -2.05. The average Bonchev–Trinajstić information content (AvgIpc) is 2.26. The summed E-state index contributed by atoms with van der Waals surface area (Å²) in [5, 5.41) is 29.9. The number of nitro groups is 2. The lowest BCUT2D eigenvalue weighted by Crippen LogP contribution is -2.01. The number of methoxy groups -OCH3 is 1. The van der Waals surface area contributed by atoms with Gasteiger partial charge in [0, 0.05) is 6.07 Å². The minimum Gasteiger partial charge on any atom is -0.495 e. The summed E-state index contributed by atoms with van der Waals surface area (Å²) >= 11 is 0. The van der Waals surface area contributed by atoms with Crippen LogP contribution in [0.5, 0.6) is 5.75 Å². The van der Waals surface area contributed by atoms with Gasteiger partial charge in [0.15, 0.2) is 5.56 Å². The van der Waals surface area contributed by atoms with Crippen molar-refractivity contribution < 1.29 is 14.6 Å². The van der Waals surface area contributed by atoms with Crippen molar-refractivity contribution in [3.05, 3.63) is 37.9 Å². The highest BCUT2D eigenvalue weighted by atomic mass is 16.6. The van der Waals surface area contributed by atoms with Gasteiger partial charge in [-0.3, -0.25) is 20.2 Å². The Morgan fingerprint density at radius 2 is 1.94 bits per heavy atom. The van der Waals surface area contributed by atoms with E-state index in [0.717, 1.165) is 12.1 Å². The largest absolute Gasteiger partial charge is 0.495 e. The first-order valence-electron chi connectivity index (χ1n) is 3.92. The molecule has 82 valence electrons. The molecule has 0 spiro atoms. The van der Waals surface area contributed by atoms with E-state index in [1.54, 1.807) is 0 Å². The van der Waals surface area contributed by atoms with Crippen molar-refractivity contribution >= 4 is 11.4 Å². The molecule has 0 bridgehead atoms. The molecule has 0 amide bonds. The van der Waals surface area contributed by atoms with Crippen LogP contribution in [0.2, 0.25) is 0 Å². The molecule has 8 heteroatoms. The number of hydrogen-bond acceptors (Lipinski definition) is 6. The van der Waals surface area contributed by atoms with E-state index in [1.165, 1.54) is 13.2 Å². The standard InChI is InChI=1S/C8H5N3O5/c1-16-7-3-2-6(10(12)13)8(11(14)15)5(7)4-9/h2-3H,1H3. The number of benzene rings is 1. The van der Waals surface area contributed by atoms with Crippen LogP contribution in [0.4, 0.5) is 11.4 Å². The van der Waals surface area contributed by atoms with E-state index < -0.39 is 26.8 Å². The topological polar surface area (TPSA) is 119 Å². The first-order chi connectivity index (χ1) is 7.52. The van der Waals surface area contributed by atoms with Gasteiger partial charge in [0.1, 0.15) is 11.8 Å². The zero-order chi connectivity index (χ0) is 12.3. The van der Waals surface area contributed by atoms with E-state index in [4.69, 9.17) is 10.00 Å². The van der Waals surface area contributed by atoms with Gasteiger partial charge in [0.05, 0.1) is 17.0 Å². The van der Waals surface area contributed by atoms with Crippen LogP contribution in [0.1, 0.15) is 5.56 Å². The predicted molar refractivity (Wildman–Crippen MR) is 51.0 cm³/mol. The van der Waals surface area contributed by atoms with Crippen molar-refractivity contribution in [1.82, 2.24) is 0 Å². The van der Waals surface area contributed by atoms with Gasteiger partial charge in [-0.05, 0) is 6.07 Å². The molecule has 1 rings (SSSR count). The van der Waals surface area contributed by atoms with Crippen molar-refractivity contribution in [3.63, 3.8) is 0 Å². The van der Waals surface area contributed by atoms with Gasteiger partial charge in [-0.1, -0.05) is 0 Å². The van der Waals surface area contributed by atoms with Crippen LogP contribution >= 0.6 is 0 Å². The first kappa shape index (κ1) is 11.4. The minimum atomic E-state index is -0.973. The Balaban J connectivity index is 3.65. The summed E-state index contributed by atoms with van der Waals surface area (Å²) in [6, 6.07) is 3.59. The summed E-state index contributed by atoms with van der Waals surface area (Å²) in [6.07, 6.45) is 0. The average molecular weight is 223 g/mol. The maximum absolute atomic E-state index is 10.7. The second-order valence-corrected chi connectivity index (χ2v) is 2.64. The van der Waals surface area contributed by atoms with E-state index in [1.807, 2.05) is 0 Å². The molecule has 0 aromatic heterocycles. The van der Waals surface area contributed by atoms with Crippen LogP contribution in [0.15, 0.2) is 12.1 Å². The Hall–Kier alpha value is -2.69. The molecule has 0 saturated carbocycles. The number of nitriles is 1. The number of nitro benzene ring substituents is 2. The van der Waals surface area contributed by atoms with E-state index in [-0.39, 0.29) is 5.75 Å². The number of nitrogens with zero attached hydrogens (tertiary/aromatic N) is 3. The lowest BCUT2D eigenvalue weighted by Gasteiger charge is -2.02. The molecule has 0 heterocycles. The summed E-state index contributed by atoms with van der Waals surface area (Å²) < 4.78 is 4.71. The molecule has 0 aliphatic heterocycles. The molecule has 0 aliphatic carbocycles. The highest BCUT2D eigenvalue weighted by Crippen LogP contribution is 2.35. The fourth-order valence-corrected chi connectivity index (χ4v) is 1.17. The number of ether oxygens (including phenoxy) is 1. The monoisotopic (exact) mass is 223 g/mol.